The lowest BCUT2D eigenvalue weighted by molar-refractivity contribution is -0.118. The van der Waals surface area contributed by atoms with Crippen molar-refractivity contribution in [2.75, 3.05) is 16.8 Å². The molecule has 3 heterocycles. The molecule has 3 amide bonds. The summed E-state index contributed by atoms with van der Waals surface area (Å²) in [5, 5.41) is 3.94. The number of para-hydroxylation sites is 1. The molecule has 1 saturated heterocycles. The molecular formula is C24H24N4O3. The van der Waals surface area contributed by atoms with Crippen LogP contribution < -0.4 is 10.2 Å². The number of H-pyrrole nitrogens is 1. The van der Waals surface area contributed by atoms with Crippen molar-refractivity contribution in [1.82, 2.24) is 9.88 Å². The topological polar surface area (TPSA) is 85.5 Å². The van der Waals surface area contributed by atoms with Gasteiger partial charge in [0, 0.05) is 36.5 Å². The summed E-state index contributed by atoms with van der Waals surface area (Å²) in [6, 6.07) is 14.9. The third kappa shape index (κ3) is 3.08. The minimum absolute atomic E-state index is 0.0322. The second-order valence-electron chi connectivity index (χ2n) is 8.32. The van der Waals surface area contributed by atoms with Gasteiger partial charge in [-0.05, 0) is 50.1 Å². The number of aromatic nitrogens is 1. The maximum Gasteiger partial charge on any atom is 0.257 e. The van der Waals surface area contributed by atoms with Crippen LogP contribution in [-0.4, -0.2) is 39.8 Å². The van der Waals surface area contributed by atoms with E-state index in [4.69, 9.17) is 0 Å². The van der Waals surface area contributed by atoms with E-state index in [1.807, 2.05) is 55.6 Å². The summed E-state index contributed by atoms with van der Waals surface area (Å²) in [5.41, 5.74) is 2.28. The molecule has 1 atom stereocenters. The summed E-state index contributed by atoms with van der Waals surface area (Å²) >= 11 is 0. The average Bonchev–Trinajstić information content (AvgIpc) is 3.36. The Bertz CT molecular complexity index is 1200. The van der Waals surface area contributed by atoms with E-state index in [0.717, 1.165) is 16.6 Å². The molecule has 5 rings (SSSR count). The SMILES string of the molecule is CC12CCC(=O)N1c1ccccc1C(=O)N2CCCC(=O)Nc1cccc2[nH]ccc12. The summed E-state index contributed by atoms with van der Waals surface area (Å²) in [5.74, 6) is -0.144. The van der Waals surface area contributed by atoms with Gasteiger partial charge in [0.1, 0.15) is 5.66 Å². The lowest BCUT2D eigenvalue weighted by Crippen LogP contribution is -2.62. The number of hydrogen-bond acceptors (Lipinski definition) is 3. The molecule has 2 aliphatic rings. The fourth-order valence-corrected chi connectivity index (χ4v) is 4.85. The second kappa shape index (κ2) is 7.27. The zero-order chi connectivity index (χ0) is 21.6. The van der Waals surface area contributed by atoms with Crippen LogP contribution in [0.15, 0.2) is 54.7 Å². The number of fused-ring (bicyclic) bond motifs is 4. The van der Waals surface area contributed by atoms with Gasteiger partial charge in [0.05, 0.1) is 16.9 Å². The first-order chi connectivity index (χ1) is 15.0. The molecule has 0 spiro atoms. The highest BCUT2D eigenvalue weighted by atomic mass is 16.2. The van der Waals surface area contributed by atoms with Crippen molar-refractivity contribution in [3.8, 4) is 0 Å². The highest BCUT2D eigenvalue weighted by Crippen LogP contribution is 2.44. The van der Waals surface area contributed by atoms with Crippen molar-refractivity contribution in [3.63, 3.8) is 0 Å². The molecule has 2 N–H and O–H groups in total. The molecule has 0 bridgehead atoms. The number of nitrogens with one attached hydrogen (secondary N) is 2. The molecule has 158 valence electrons. The number of anilines is 2. The van der Waals surface area contributed by atoms with E-state index >= 15 is 0 Å². The number of carbonyl (C=O) groups excluding carboxylic acids is 3. The van der Waals surface area contributed by atoms with Gasteiger partial charge >= 0.3 is 0 Å². The summed E-state index contributed by atoms with van der Waals surface area (Å²) < 4.78 is 0. The lowest BCUT2D eigenvalue weighted by Gasteiger charge is -2.48. The van der Waals surface area contributed by atoms with Crippen LogP contribution in [0, 0.1) is 0 Å². The molecule has 2 aliphatic heterocycles. The Kier molecular flexibility index (Phi) is 4.54. The minimum atomic E-state index is -0.685. The summed E-state index contributed by atoms with van der Waals surface area (Å²) in [7, 11) is 0. The normalized spacial score (nSPS) is 20.2. The van der Waals surface area contributed by atoms with Gasteiger partial charge in [-0.15, -0.1) is 0 Å². The Morgan fingerprint density at radius 1 is 1.13 bits per heavy atom. The monoisotopic (exact) mass is 416 g/mol. The van der Waals surface area contributed by atoms with Crippen LogP contribution in [0.2, 0.25) is 0 Å². The van der Waals surface area contributed by atoms with Gasteiger partial charge in [0.25, 0.3) is 5.91 Å². The van der Waals surface area contributed by atoms with E-state index < -0.39 is 5.66 Å². The predicted molar refractivity (Wildman–Crippen MR) is 119 cm³/mol. The fraction of sp³-hybridized carbons (Fsp3) is 0.292. The molecule has 3 aromatic rings. The summed E-state index contributed by atoms with van der Waals surface area (Å²) in [4.78, 5) is 45.1. The Morgan fingerprint density at radius 3 is 2.84 bits per heavy atom. The largest absolute Gasteiger partial charge is 0.361 e. The highest BCUT2D eigenvalue weighted by Gasteiger charge is 2.52. The molecule has 7 heteroatoms. The van der Waals surface area contributed by atoms with E-state index in [1.54, 1.807) is 15.9 Å². The van der Waals surface area contributed by atoms with E-state index in [1.165, 1.54) is 0 Å². The van der Waals surface area contributed by atoms with Crippen LogP contribution in [0.3, 0.4) is 0 Å². The van der Waals surface area contributed by atoms with Crippen molar-refractivity contribution in [2.24, 2.45) is 0 Å². The standard InChI is InChI=1S/C24H24N4O3/c1-24-13-11-22(30)28(24)20-9-3-2-6-17(20)23(31)27(24)15-5-10-21(29)26-19-8-4-7-18-16(19)12-14-25-18/h2-4,6-9,12,14,25H,5,10-11,13,15H2,1H3,(H,26,29). The molecule has 1 aromatic heterocycles. The maximum absolute atomic E-state index is 13.2. The quantitative estimate of drug-likeness (QED) is 0.662. The smallest absolute Gasteiger partial charge is 0.257 e. The molecular weight excluding hydrogens is 392 g/mol. The third-order valence-electron chi connectivity index (χ3n) is 6.40. The maximum atomic E-state index is 13.2. The first-order valence-electron chi connectivity index (χ1n) is 10.6. The molecule has 31 heavy (non-hydrogen) atoms. The number of nitrogens with zero attached hydrogens (tertiary/aromatic N) is 2. The van der Waals surface area contributed by atoms with Gasteiger partial charge < -0.3 is 15.2 Å². The Hall–Kier alpha value is -3.61. The zero-order valence-electron chi connectivity index (χ0n) is 17.4. The molecule has 0 aliphatic carbocycles. The number of rotatable bonds is 5. The fourth-order valence-electron chi connectivity index (χ4n) is 4.85. The van der Waals surface area contributed by atoms with Crippen LogP contribution in [0.5, 0.6) is 0 Å². The second-order valence-corrected chi connectivity index (χ2v) is 8.32. The number of carbonyl (C=O) groups is 3. The summed E-state index contributed by atoms with van der Waals surface area (Å²) in [6.07, 6.45) is 3.65. The van der Waals surface area contributed by atoms with E-state index in [9.17, 15) is 14.4 Å². The van der Waals surface area contributed by atoms with Crippen LogP contribution in [0.25, 0.3) is 10.9 Å². The third-order valence-corrected chi connectivity index (χ3v) is 6.40. The Balaban J connectivity index is 1.30. The van der Waals surface area contributed by atoms with Gasteiger partial charge in [-0.2, -0.15) is 0 Å². The first kappa shape index (κ1) is 19.4. The van der Waals surface area contributed by atoms with Crippen molar-refractivity contribution in [2.45, 2.75) is 38.3 Å². The van der Waals surface area contributed by atoms with Gasteiger partial charge in [-0.3, -0.25) is 19.3 Å². The molecule has 2 aromatic carbocycles. The van der Waals surface area contributed by atoms with E-state index in [2.05, 4.69) is 10.3 Å². The molecule has 1 unspecified atom stereocenters. The van der Waals surface area contributed by atoms with Gasteiger partial charge in [0.15, 0.2) is 0 Å². The predicted octanol–water partition coefficient (Wildman–Crippen LogP) is 3.89. The molecule has 1 fully saturated rings. The summed E-state index contributed by atoms with van der Waals surface area (Å²) in [6.45, 7) is 2.35. The number of benzene rings is 2. The van der Waals surface area contributed by atoms with Crippen LogP contribution in [0.1, 0.15) is 43.0 Å². The van der Waals surface area contributed by atoms with Crippen LogP contribution in [0.4, 0.5) is 11.4 Å². The molecule has 0 radical (unpaired) electrons. The van der Waals surface area contributed by atoms with Gasteiger partial charge in [-0.25, -0.2) is 0 Å². The van der Waals surface area contributed by atoms with Crippen molar-refractivity contribution < 1.29 is 14.4 Å². The van der Waals surface area contributed by atoms with E-state index in [0.29, 0.717) is 37.1 Å². The zero-order valence-corrected chi connectivity index (χ0v) is 17.4. The number of amides is 3. The number of hydrogen-bond donors (Lipinski definition) is 2. The first-order valence-corrected chi connectivity index (χ1v) is 10.6. The number of aromatic amines is 1. The average molecular weight is 416 g/mol. The Labute approximate surface area is 180 Å². The highest BCUT2D eigenvalue weighted by molar-refractivity contribution is 6.10. The van der Waals surface area contributed by atoms with E-state index in [-0.39, 0.29) is 24.1 Å². The molecule has 7 nitrogen and oxygen atoms in total. The van der Waals surface area contributed by atoms with Crippen LogP contribution in [-0.2, 0) is 9.59 Å². The van der Waals surface area contributed by atoms with Crippen LogP contribution >= 0.6 is 0 Å². The Morgan fingerprint density at radius 2 is 1.97 bits per heavy atom. The molecule has 0 saturated carbocycles. The van der Waals surface area contributed by atoms with Crippen molar-refractivity contribution in [1.29, 1.82) is 0 Å². The minimum Gasteiger partial charge on any atom is -0.361 e. The van der Waals surface area contributed by atoms with Crippen molar-refractivity contribution in [3.05, 3.63) is 60.3 Å². The lowest BCUT2D eigenvalue weighted by atomic mass is 9.98. The van der Waals surface area contributed by atoms with Gasteiger partial charge in [0.2, 0.25) is 11.8 Å². The van der Waals surface area contributed by atoms with Crippen molar-refractivity contribution >= 4 is 40.0 Å². The van der Waals surface area contributed by atoms with Gasteiger partial charge in [-0.1, -0.05) is 18.2 Å².